The first-order valence-electron chi connectivity index (χ1n) is 9.69. The number of carboxylic acid groups (broad SMARTS) is 1. The Balaban J connectivity index is 0.000000396. The van der Waals surface area contributed by atoms with E-state index in [1.807, 2.05) is 19.4 Å². The van der Waals surface area contributed by atoms with E-state index in [0.29, 0.717) is 12.0 Å². The number of pyridine rings is 1. The van der Waals surface area contributed by atoms with E-state index in [0.717, 1.165) is 38.2 Å². The Labute approximate surface area is 174 Å². The van der Waals surface area contributed by atoms with Crippen molar-refractivity contribution in [3.05, 3.63) is 65.5 Å². The molecule has 1 saturated heterocycles. The van der Waals surface area contributed by atoms with E-state index < -0.39 is 12.1 Å². The van der Waals surface area contributed by atoms with Crippen LogP contribution in [0.5, 0.6) is 0 Å². The molecular formula is C22H27F3N2O3. The highest BCUT2D eigenvalue weighted by Gasteiger charge is 2.38. The molecule has 1 fully saturated rings. The topological polar surface area (TPSA) is 62.7 Å². The monoisotopic (exact) mass is 424 g/mol. The van der Waals surface area contributed by atoms with Crippen LogP contribution in [0, 0.1) is 12.8 Å². The molecule has 0 saturated carbocycles. The van der Waals surface area contributed by atoms with Gasteiger partial charge in [-0.25, -0.2) is 4.79 Å². The molecule has 30 heavy (non-hydrogen) atoms. The van der Waals surface area contributed by atoms with Crippen LogP contribution >= 0.6 is 0 Å². The van der Waals surface area contributed by atoms with Crippen LogP contribution in [0.2, 0.25) is 0 Å². The molecule has 1 aromatic carbocycles. The number of halogens is 3. The maximum Gasteiger partial charge on any atom is 0.490 e. The van der Waals surface area contributed by atoms with Crippen LogP contribution in [0.4, 0.5) is 13.2 Å². The molecule has 2 atom stereocenters. The molecule has 0 radical (unpaired) electrons. The van der Waals surface area contributed by atoms with E-state index in [1.165, 1.54) is 11.1 Å². The Hall–Kier alpha value is -2.45. The fourth-order valence-corrected chi connectivity index (χ4v) is 3.60. The van der Waals surface area contributed by atoms with Crippen LogP contribution in [0.1, 0.15) is 23.2 Å². The molecule has 1 aliphatic rings. The number of piperidine rings is 1. The lowest BCUT2D eigenvalue weighted by Crippen LogP contribution is -2.44. The normalized spacial score (nSPS) is 19.6. The van der Waals surface area contributed by atoms with Gasteiger partial charge in [0.2, 0.25) is 0 Å². The zero-order chi connectivity index (χ0) is 22.1. The van der Waals surface area contributed by atoms with Crippen LogP contribution in [0.15, 0.2) is 48.7 Å². The first-order valence-corrected chi connectivity index (χ1v) is 9.69. The van der Waals surface area contributed by atoms with Crippen molar-refractivity contribution in [3.63, 3.8) is 0 Å². The van der Waals surface area contributed by atoms with Crippen molar-refractivity contribution in [1.82, 2.24) is 9.88 Å². The fraction of sp³-hybridized carbons (Fsp3) is 0.455. The van der Waals surface area contributed by atoms with Crippen molar-refractivity contribution in [2.24, 2.45) is 5.92 Å². The maximum absolute atomic E-state index is 10.6. The molecule has 2 heterocycles. The molecule has 0 spiro atoms. The number of ether oxygens (including phenoxy) is 1. The minimum atomic E-state index is -5.08. The van der Waals surface area contributed by atoms with Crippen LogP contribution in [-0.2, 0) is 22.5 Å². The van der Waals surface area contributed by atoms with E-state index in [2.05, 4.69) is 53.2 Å². The second-order valence-corrected chi connectivity index (χ2v) is 7.38. The first-order chi connectivity index (χ1) is 14.2. The lowest BCUT2D eigenvalue weighted by atomic mass is 9.88. The molecule has 1 aliphatic heterocycles. The van der Waals surface area contributed by atoms with Crippen molar-refractivity contribution < 1.29 is 27.8 Å². The third-order valence-corrected chi connectivity index (χ3v) is 4.99. The summed E-state index contributed by atoms with van der Waals surface area (Å²) in [6, 6.07) is 15.0. The lowest BCUT2D eigenvalue weighted by molar-refractivity contribution is -0.192. The van der Waals surface area contributed by atoms with Crippen molar-refractivity contribution in [1.29, 1.82) is 0 Å². The fourth-order valence-electron chi connectivity index (χ4n) is 3.60. The van der Waals surface area contributed by atoms with Gasteiger partial charge in [0.15, 0.2) is 0 Å². The van der Waals surface area contributed by atoms with Gasteiger partial charge in [0, 0.05) is 38.9 Å². The number of likely N-dealkylation sites (tertiary alicyclic amines) is 1. The molecule has 5 nitrogen and oxygen atoms in total. The van der Waals surface area contributed by atoms with E-state index in [1.54, 1.807) is 0 Å². The van der Waals surface area contributed by atoms with Crippen molar-refractivity contribution in [3.8, 4) is 0 Å². The highest BCUT2D eigenvalue weighted by atomic mass is 19.4. The summed E-state index contributed by atoms with van der Waals surface area (Å²) in [4.78, 5) is 15.9. The predicted molar refractivity (Wildman–Crippen MR) is 107 cm³/mol. The number of aliphatic carboxylic acids is 1. The molecule has 0 aliphatic carbocycles. The quantitative estimate of drug-likeness (QED) is 0.783. The number of carbonyl (C=O) groups is 1. The summed E-state index contributed by atoms with van der Waals surface area (Å²) in [5.41, 5.74) is 3.90. The number of hydrogen-bond donors (Lipinski definition) is 1. The van der Waals surface area contributed by atoms with Gasteiger partial charge in [0.25, 0.3) is 0 Å². The van der Waals surface area contributed by atoms with Crippen molar-refractivity contribution in [2.75, 3.05) is 20.2 Å². The molecule has 3 rings (SSSR count). The van der Waals surface area contributed by atoms with Gasteiger partial charge in [-0.3, -0.25) is 9.88 Å². The summed E-state index contributed by atoms with van der Waals surface area (Å²) in [5.74, 6) is -2.22. The summed E-state index contributed by atoms with van der Waals surface area (Å²) >= 11 is 0. The molecule has 1 N–H and O–H groups in total. The summed E-state index contributed by atoms with van der Waals surface area (Å²) in [6.07, 6.45) is -0.671. The standard InChI is InChI=1S/C20H26N2O.C2HF3O2/c1-16-6-5-7-17(12-16)13-18-14-22(11-9-20(18)23-2)15-19-8-3-4-10-21-19;3-2(4,5)1(6)7/h3-8,10,12,18,20H,9,11,13-15H2,1-2H3;(H,6,7)/t18-,20+;/m0./s1. The molecule has 1 aromatic heterocycles. The number of alkyl halides is 3. The number of rotatable bonds is 5. The minimum Gasteiger partial charge on any atom is -0.475 e. The number of methoxy groups -OCH3 is 1. The van der Waals surface area contributed by atoms with Gasteiger partial charge in [-0.1, -0.05) is 35.9 Å². The lowest BCUT2D eigenvalue weighted by Gasteiger charge is -2.38. The zero-order valence-electron chi connectivity index (χ0n) is 17.1. The number of nitrogens with zero attached hydrogens (tertiary/aromatic N) is 2. The minimum absolute atomic E-state index is 0.357. The Morgan fingerprint density at radius 3 is 2.57 bits per heavy atom. The Morgan fingerprint density at radius 2 is 2.00 bits per heavy atom. The number of carboxylic acids is 1. The summed E-state index contributed by atoms with van der Waals surface area (Å²) in [7, 11) is 1.85. The Bertz CT molecular complexity index is 800. The average Bonchev–Trinajstić information content (AvgIpc) is 2.69. The number of aromatic nitrogens is 1. The van der Waals surface area contributed by atoms with Gasteiger partial charge in [0.05, 0.1) is 11.8 Å². The van der Waals surface area contributed by atoms with E-state index in [-0.39, 0.29) is 0 Å². The summed E-state index contributed by atoms with van der Waals surface area (Å²) < 4.78 is 37.5. The Kier molecular flexibility index (Phi) is 8.80. The van der Waals surface area contributed by atoms with Gasteiger partial charge < -0.3 is 9.84 Å². The largest absolute Gasteiger partial charge is 0.490 e. The SMILES string of the molecule is CO[C@@H]1CCN(Cc2ccccn2)C[C@@H]1Cc1cccc(C)c1.O=C(O)C(F)(F)F. The predicted octanol–water partition coefficient (Wildman–Crippen LogP) is 4.10. The van der Waals surface area contributed by atoms with Crippen molar-refractivity contribution in [2.45, 2.75) is 38.6 Å². The number of hydrogen-bond acceptors (Lipinski definition) is 4. The number of aryl methyl sites for hydroxylation is 1. The van der Waals surface area contributed by atoms with Crippen LogP contribution in [-0.4, -0.2) is 53.4 Å². The molecule has 2 aromatic rings. The van der Waals surface area contributed by atoms with Gasteiger partial charge in [-0.2, -0.15) is 13.2 Å². The van der Waals surface area contributed by atoms with Crippen LogP contribution in [0.3, 0.4) is 0 Å². The van der Waals surface area contributed by atoms with Crippen LogP contribution < -0.4 is 0 Å². The molecule has 0 unspecified atom stereocenters. The molecule has 164 valence electrons. The van der Waals surface area contributed by atoms with Crippen LogP contribution in [0.25, 0.3) is 0 Å². The molecule has 8 heteroatoms. The second-order valence-electron chi connectivity index (χ2n) is 7.38. The third-order valence-electron chi connectivity index (χ3n) is 4.99. The van der Waals surface area contributed by atoms with E-state index >= 15 is 0 Å². The number of benzene rings is 1. The Morgan fingerprint density at radius 1 is 1.27 bits per heavy atom. The molecule has 0 amide bonds. The second kappa shape index (κ2) is 11.1. The van der Waals surface area contributed by atoms with Gasteiger partial charge in [-0.05, 0) is 37.5 Å². The van der Waals surface area contributed by atoms with Gasteiger partial charge in [-0.15, -0.1) is 0 Å². The third kappa shape index (κ3) is 7.76. The summed E-state index contributed by atoms with van der Waals surface area (Å²) in [6.45, 7) is 5.25. The van der Waals surface area contributed by atoms with E-state index in [9.17, 15) is 13.2 Å². The van der Waals surface area contributed by atoms with Gasteiger partial charge >= 0.3 is 12.1 Å². The molecule has 0 bridgehead atoms. The van der Waals surface area contributed by atoms with Gasteiger partial charge in [0.1, 0.15) is 0 Å². The average molecular weight is 424 g/mol. The van der Waals surface area contributed by atoms with Crippen molar-refractivity contribution >= 4 is 5.97 Å². The highest BCUT2D eigenvalue weighted by Crippen LogP contribution is 2.25. The zero-order valence-corrected chi connectivity index (χ0v) is 17.1. The first kappa shape index (κ1) is 23.8. The maximum atomic E-state index is 10.6. The van der Waals surface area contributed by atoms with E-state index in [4.69, 9.17) is 14.6 Å². The smallest absolute Gasteiger partial charge is 0.475 e. The highest BCUT2D eigenvalue weighted by molar-refractivity contribution is 5.73. The molecular weight excluding hydrogens is 397 g/mol. The summed E-state index contributed by atoms with van der Waals surface area (Å²) in [5, 5.41) is 7.12.